The molecule has 0 spiro atoms. The number of aryl methyl sites for hydroxylation is 2. The van der Waals surface area contributed by atoms with Gasteiger partial charge in [0.05, 0.1) is 27.8 Å². The zero-order valence-corrected chi connectivity index (χ0v) is 23.5. The Balaban J connectivity index is 1.66. The molecule has 0 atom stereocenters. The van der Waals surface area contributed by atoms with Crippen molar-refractivity contribution in [2.45, 2.75) is 33.3 Å². The van der Waals surface area contributed by atoms with Crippen LogP contribution in [-0.4, -0.2) is 23.0 Å². The molecular weight excluding hydrogens is 621 g/mol. The fraction of sp³-hybridized carbons (Fsp3) is 0.222. The van der Waals surface area contributed by atoms with Gasteiger partial charge in [0.2, 0.25) is 0 Å². The van der Waals surface area contributed by atoms with Crippen molar-refractivity contribution in [1.29, 1.82) is 0 Å². The van der Waals surface area contributed by atoms with Gasteiger partial charge in [0.1, 0.15) is 12.4 Å². The second-order valence-corrected chi connectivity index (χ2v) is 10.2. The van der Waals surface area contributed by atoms with Crippen molar-refractivity contribution in [3.63, 3.8) is 0 Å². The zero-order chi connectivity index (χ0) is 24.9. The van der Waals surface area contributed by atoms with Crippen LogP contribution < -0.4 is 15.0 Å². The molecule has 0 aliphatic carbocycles. The Morgan fingerprint density at radius 1 is 1.14 bits per heavy atom. The van der Waals surface area contributed by atoms with E-state index in [4.69, 9.17) is 9.47 Å². The maximum atomic E-state index is 13.2. The number of fused-ring (bicyclic) bond motifs is 1. The highest BCUT2D eigenvalue weighted by Gasteiger charge is 2.13. The smallest absolute Gasteiger partial charge is 0.282 e. The molecule has 0 fully saturated rings. The van der Waals surface area contributed by atoms with E-state index in [0.717, 1.165) is 25.6 Å². The van der Waals surface area contributed by atoms with Crippen molar-refractivity contribution in [3.8, 4) is 11.5 Å². The van der Waals surface area contributed by atoms with Crippen molar-refractivity contribution in [3.05, 3.63) is 95.5 Å². The molecule has 4 aromatic rings. The van der Waals surface area contributed by atoms with Gasteiger partial charge in [-0.25, -0.2) is 4.98 Å². The van der Waals surface area contributed by atoms with Gasteiger partial charge in [0.25, 0.3) is 5.56 Å². The number of nitrogens with zero attached hydrogens (tertiary/aromatic N) is 3. The van der Waals surface area contributed by atoms with Gasteiger partial charge in [-0.1, -0.05) is 52.7 Å². The topological polar surface area (TPSA) is 65.7 Å². The lowest BCUT2D eigenvalue weighted by atomic mass is 10.2. The molecule has 0 amide bonds. The number of benzene rings is 3. The summed E-state index contributed by atoms with van der Waals surface area (Å²) >= 11 is 5.66. The average Bonchev–Trinajstić information content (AvgIpc) is 2.84. The Morgan fingerprint density at radius 3 is 2.63 bits per heavy atom. The zero-order valence-electron chi connectivity index (χ0n) is 19.7. The standard InChI is InChI=1S/C27H25BrIN3O3/c1-4-5-25-31-23-11-10-20(28)14-21(23)27(33)32(25)30-15-19-12-22(29)26(24(13-19)34-3)35-16-18-8-6-17(2)7-9-18/h6-15H,4-5,16H2,1-3H3. The summed E-state index contributed by atoms with van der Waals surface area (Å²) < 4.78 is 14.8. The molecule has 0 aliphatic rings. The van der Waals surface area contributed by atoms with E-state index in [1.165, 1.54) is 10.2 Å². The summed E-state index contributed by atoms with van der Waals surface area (Å²) in [6.45, 7) is 4.55. The summed E-state index contributed by atoms with van der Waals surface area (Å²) in [4.78, 5) is 17.9. The first-order chi connectivity index (χ1) is 16.9. The van der Waals surface area contributed by atoms with Gasteiger partial charge in [0, 0.05) is 10.9 Å². The third-order valence-corrected chi connectivity index (χ3v) is 6.72. The van der Waals surface area contributed by atoms with Crippen molar-refractivity contribution >= 4 is 55.6 Å². The Hall–Kier alpha value is -2.72. The summed E-state index contributed by atoms with van der Waals surface area (Å²) in [6.07, 6.45) is 3.15. The Morgan fingerprint density at radius 2 is 1.91 bits per heavy atom. The third kappa shape index (κ3) is 5.92. The van der Waals surface area contributed by atoms with Crippen molar-refractivity contribution in [2.75, 3.05) is 7.11 Å². The monoisotopic (exact) mass is 645 g/mol. The summed E-state index contributed by atoms with van der Waals surface area (Å²) in [7, 11) is 1.61. The number of rotatable bonds is 8. The largest absolute Gasteiger partial charge is 0.493 e. The number of aromatic nitrogens is 2. The van der Waals surface area contributed by atoms with Crippen LogP contribution in [0, 0.1) is 10.5 Å². The van der Waals surface area contributed by atoms with E-state index in [0.29, 0.717) is 41.3 Å². The molecule has 0 saturated heterocycles. The lowest BCUT2D eigenvalue weighted by Gasteiger charge is -2.14. The molecule has 4 rings (SSSR count). The van der Waals surface area contributed by atoms with E-state index < -0.39 is 0 Å². The number of methoxy groups -OCH3 is 1. The van der Waals surface area contributed by atoms with E-state index in [1.54, 1.807) is 19.4 Å². The first-order valence-corrected chi connectivity index (χ1v) is 13.1. The minimum atomic E-state index is -0.198. The number of hydrogen-bond acceptors (Lipinski definition) is 5. The minimum absolute atomic E-state index is 0.198. The fourth-order valence-corrected chi connectivity index (χ4v) is 4.76. The van der Waals surface area contributed by atoms with Gasteiger partial charge in [-0.15, -0.1) is 0 Å². The van der Waals surface area contributed by atoms with E-state index in [9.17, 15) is 4.79 Å². The third-order valence-electron chi connectivity index (χ3n) is 5.43. The fourth-order valence-electron chi connectivity index (χ4n) is 3.62. The summed E-state index contributed by atoms with van der Waals surface area (Å²) in [5, 5.41) is 5.04. The van der Waals surface area contributed by atoms with Gasteiger partial charge < -0.3 is 9.47 Å². The van der Waals surface area contributed by atoms with Crippen LogP contribution in [0.5, 0.6) is 11.5 Å². The first kappa shape index (κ1) is 25.4. The molecule has 0 unspecified atom stereocenters. The minimum Gasteiger partial charge on any atom is -0.493 e. The average molecular weight is 646 g/mol. The van der Waals surface area contributed by atoms with Gasteiger partial charge >= 0.3 is 0 Å². The number of ether oxygens (including phenoxy) is 2. The lowest BCUT2D eigenvalue weighted by molar-refractivity contribution is 0.282. The van der Waals surface area contributed by atoms with Crippen LogP contribution >= 0.6 is 38.5 Å². The molecule has 0 N–H and O–H groups in total. The predicted octanol–water partition coefficient (Wildman–Crippen LogP) is 6.49. The molecule has 3 aromatic carbocycles. The van der Waals surface area contributed by atoms with Crippen LogP contribution in [0.3, 0.4) is 0 Å². The van der Waals surface area contributed by atoms with E-state index in [2.05, 4.69) is 86.7 Å². The lowest BCUT2D eigenvalue weighted by Crippen LogP contribution is -2.22. The predicted molar refractivity (Wildman–Crippen MR) is 152 cm³/mol. The highest BCUT2D eigenvalue weighted by Crippen LogP contribution is 2.34. The quantitative estimate of drug-likeness (QED) is 0.162. The van der Waals surface area contributed by atoms with Gasteiger partial charge in [-0.05, 0) is 77.4 Å². The first-order valence-electron chi connectivity index (χ1n) is 11.2. The second-order valence-electron chi connectivity index (χ2n) is 8.11. The molecule has 35 heavy (non-hydrogen) atoms. The number of hydrogen-bond donors (Lipinski definition) is 0. The Labute approximate surface area is 226 Å². The van der Waals surface area contributed by atoms with Crippen molar-refractivity contribution in [2.24, 2.45) is 5.10 Å². The summed E-state index contributed by atoms with van der Waals surface area (Å²) in [6, 6.07) is 17.5. The van der Waals surface area contributed by atoms with E-state index in [1.807, 2.05) is 24.3 Å². The maximum absolute atomic E-state index is 13.2. The van der Waals surface area contributed by atoms with Gasteiger partial charge in [-0.2, -0.15) is 9.78 Å². The molecule has 1 aromatic heterocycles. The molecule has 0 bridgehead atoms. The molecule has 0 radical (unpaired) electrons. The Kier molecular flexibility index (Phi) is 8.22. The maximum Gasteiger partial charge on any atom is 0.282 e. The molecule has 1 heterocycles. The highest BCUT2D eigenvalue weighted by atomic mass is 127. The SMILES string of the molecule is CCCc1nc2ccc(Br)cc2c(=O)n1N=Cc1cc(I)c(OCc2ccc(C)cc2)c(OC)c1. The van der Waals surface area contributed by atoms with Gasteiger partial charge in [-0.3, -0.25) is 4.79 Å². The van der Waals surface area contributed by atoms with Crippen molar-refractivity contribution in [1.82, 2.24) is 9.66 Å². The molecule has 180 valence electrons. The summed E-state index contributed by atoms with van der Waals surface area (Å²) in [5.41, 5.74) is 3.55. The van der Waals surface area contributed by atoms with Crippen molar-refractivity contribution < 1.29 is 9.47 Å². The second kappa shape index (κ2) is 11.3. The van der Waals surface area contributed by atoms with Crippen LogP contribution in [0.1, 0.15) is 35.9 Å². The normalized spacial score (nSPS) is 11.3. The van der Waals surface area contributed by atoms with Crippen LogP contribution in [-0.2, 0) is 13.0 Å². The van der Waals surface area contributed by atoms with E-state index in [-0.39, 0.29) is 5.56 Å². The Bertz CT molecular complexity index is 1450. The molecule has 6 nitrogen and oxygen atoms in total. The van der Waals surface area contributed by atoms with Gasteiger partial charge in [0.15, 0.2) is 11.5 Å². The van der Waals surface area contributed by atoms with Crippen LogP contribution in [0.15, 0.2) is 69.0 Å². The van der Waals surface area contributed by atoms with Crippen LogP contribution in [0.4, 0.5) is 0 Å². The molecular formula is C27H25BrIN3O3. The highest BCUT2D eigenvalue weighted by molar-refractivity contribution is 14.1. The summed E-state index contributed by atoms with van der Waals surface area (Å²) in [5.74, 6) is 1.90. The van der Waals surface area contributed by atoms with E-state index >= 15 is 0 Å². The molecule has 8 heteroatoms. The molecule has 0 aliphatic heterocycles. The number of halogens is 2. The molecule has 0 saturated carbocycles. The van der Waals surface area contributed by atoms with Crippen LogP contribution in [0.25, 0.3) is 10.9 Å². The van der Waals surface area contributed by atoms with Crippen LogP contribution in [0.2, 0.25) is 0 Å².